The third-order valence-corrected chi connectivity index (χ3v) is 5.17. The summed E-state index contributed by atoms with van der Waals surface area (Å²) in [6.45, 7) is 0. The van der Waals surface area contributed by atoms with Gasteiger partial charge in [0.1, 0.15) is 23.0 Å². The number of imide groups is 1. The molecule has 0 radical (unpaired) electrons. The van der Waals surface area contributed by atoms with E-state index in [4.69, 9.17) is 21.1 Å². The average Bonchev–Trinajstić information content (AvgIpc) is 3.04. The highest BCUT2D eigenvalue weighted by atomic mass is 35.5. The first-order valence-electron chi connectivity index (χ1n) is 9.56. The molecule has 0 spiro atoms. The van der Waals surface area contributed by atoms with Crippen LogP contribution in [0.15, 0.2) is 72.4 Å². The van der Waals surface area contributed by atoms with Crippen LogP contribution < -0.4 is 19.7 Å². The van der Waals surface area contributed by atoms with E-state index in [1.54, 1.807) is 42.5 Å². The maximum Gasteiger partial charge on any atom is 0.282 e. The molecule has 0 fully saturated rings. The first kappa shape index (κ1) is 21.4. The van der Waals surface area contributed by atoms with Crippen molar-refractivity contribution in [2.45, 2.75) is 0 Å². The number of hydrogen-bond acceptors (Lipinski definition) is 5. The smallest absolute Gasteiger partial charge is 0.282 e. The number of carbonyl (C=O) groups excluding carboxylic acids is 2. The van der Waals surface area contributed by atoms with Gasteiger partial charge in [0.2, 0.25) is 0 Å². The zero-order valence-corrected chi connectivity index (χ0v) is 17.9. The SMILES string of the molecule is COc1cc(NC2=C(c3ccc(F)cc3)C(=O)N(c3ccc(Cl)cc3)C2=O)cc(OC)c1. The molecule has 4 rings (SSSR count). The van der Waals surface area contributed by atoms with Crippen LogP contribution in [-0.4, -0.2) is 26.0 Å². The van der Waals surface area contributed by atoms with Crippen LogP contribution in [0.4, 0.5) is 15.8 Å². The van der Waals surface area contributed by atoms with Crippen LogP contribution in [0.5, 0.6) is 11.5 Å². The molecule has 32 heavy (non-hydrogen) atoms. The number of nitrogens with zero attached hydrogens (tertiary/aromatic N) is 1. The molecule has 0 unspecified atom stereocenters. The molecule has 1 aliphatic rings. The Balaban J connectivity index is 1.82. The monoisotopic (exact) mass is 452 g/mol. The Bertz CT molecular complexity index is 1200. The lowest BCUT2D eigenvalue weighted by Gasteiger charge is -2.16. The lowest BCUT2D eigenvalue weighted by atomic mass is 10.0. The Morgan fingerprint density at radius 3 is 2.00 bits per heavy atom. The minimum atomic E-state index is -0.557. The van der Waals surface area contributed by atoms with Gasteiger partial charge in [-0.3, -0.25) is 9.59 Å². The highest BCUT2D eigenvalue weighted by Gasteiger charge is 2.40. The van der Waals surface area contributed by atoms with Crippen molar-refractivity contribution in [3.8, 4) is 11.5 Å². The second-order valence-electron chi connectivity index (χ2n) is 6.91. The van der Waals surface area contributed by atoms with E-state index < -0.39 is 17.6 Å². The fourth-order valence-corrected chi connectivity index (χ4v) is 3.50. The Kier molecular flexibility index (Phi) is 5.83. The highest BCUT2D eigenvalue weighted by molar-refractivity contribution is 6.46. The predicted octanol–water partition coefficient (Wildman–Crippen LogP) is 4.89. The van der Waals surface area contributed by atoms with Gasteiger partial charge in [-0.2, -0.15) is 0 Å². The third-order valence-electron chi connectivity index (χ3n) is 4.92. The minimum absolute atomic E-state index is 0.0480. The fourth-order valence-electron chi connectivity index (χ4n) is 3.38. The van der Waals surface area contributed by atoms with Gasteiger partial charge in [-0.05, 0) is 42.0 Å². The van der Waals surface area contributed by atoms with Crippen molar-refractivity contribution in [3.63, 3.8) is 0 Å². The molecule has 0 saturated carbocycles. The summed E-state index contributed by atoms with van der Waals surface area (Å²) < 4.78 is 24.1. The summed E-state index contributed by atoms with van der Waals surface area (Å²) in [5, 5.41) is 3.51. The summed E-state index contributed by atoms with van der Waals surface area (Å²) in [4.78, 5) is 27.8. The quantitative estimate of drug-likeness (QED) is 0.539. The fraction of sp³-hybridized carbons (Fsp3) is 0.0833. The van der Waals surface area contributed by atoms with E-state index in [0.717, 1.165) is 4.90 Å². The normalized spacial score (nSPS) is 13.6. The van der Waals surface area contributed by atoms with Crippen molar-refractivity contribution in [1.82, 2.24) is 0 Å². The number of anilines is 2. The summed E-state index contributed by atoms with van der Waals surface area (Å²) in [6.07, 6.45) is 0. The van der Waals surface area contributed by atoms with Crippen molar-refractivity contribution in [2.75, 3.05) is 24.4 Å². The molecule has 1 heterocycles. The molecule has 6 nitrogen and oxygen atoms in total. The Labute approximate surface area is 188 Å². The zero-order valence-electron chi connectivity index (χ0n) is 17.2. The summed E-state index contributed by atoms with van der Waals surface area (Å²) in [6, 6.07) is 16.7. The largest absolute Gasteiger partial charge is 0.497 e. The number of benzene rings is 3. The van der Waals surface area contributed by atoms with Crippen molar-refractivity contribution >= 4 is 40.4 Å². The van der Waals surface area contributed by atoms with Gasteiger partial charge in [-0.15, -0.1) is 0 Å². The zero-order chi connectivity index (χ0) is 22.8. The molecule has 2 amide bonds. The number of methoxy groups -OCH3 is 2. The molecule has 0 aromatic heterocycles. The number of carbonyl (C=O) groups is 2. The van der Waals surface area contributed by atoms with Gasteiger partial charge in [-0.25, -0.2) is 9.29 Å². The van der Waals surface area contributed by atoms with E-state index in [9.17, 15) is 14.0 Å². The second-order valence-corrected chi connectivity index (χ2v) is 7.34. The Morgan fingerprint density at radius 1 is 0.844 bits per heavy atom. The van der Waals surface area contributed by atoms with Crippen molar-refractivity contribution in [1.29, 1.82) is 0 Å². The predicted molar refractivity (Wildman–Crippen MR) is 120 cm³/mol. The van der Waals surface area contributed by atoms with Gasteiger partial charge >= 0.3 is 0 Å². The van der Waals surface area contributed by atoms with Gasteiger partial charge in [-0.1, -0.05) is 23.7 Å². The topological polar surface area (TPSA) is 67.9 Å². The molecule has 8 heteroatoms. The molecule has 1 N–H and O–H groups in total. The van der Waals surface area contributed by atoms with E-state index in [0.29, 0.717) is 33.5 Å². The van der Waals surface area contributed by atoms with Crippen molar-refractivity contribution < 1.29 is 23.5 Å². The lowest BCUT2D eigenvalue weighted by Crippen LogP contribution is -2.32. The van der Waals surface area contributed by atoms with Gasteiger partial charge in [0.05, 0.1) is 25.5 Å². The van der Waals surface area contributed by atoms with Gasteiger partial charge in [0.15, 0.2) is 0 Å². The first-order chi connectivity index (χ1) is 15.4. The number of rotatable bonds is 6. The number of amides is 2. The standard InChI is InChI=1S/C24H18ClFN2O4/c1-31-19-11-17(12-20(13-19)32-2)27-22-21(14-3-7-16(26)8-4-14)23(29)28(24(22)30)18-9-5-15(25)6-10-18/h3-13,27H,1-2H3. The minimum Gasteiger partial charge on any atom is -0.497 e. The average molecular weight is 453 g/mol. The Morgan fingerprint density at radius 2 is 1.44 bits per heavy atom. The number of ether oxygens (including phenoxy) is 2. The van der Waals surface area contributed by atoms with E-state index in [1.807, 2.05) is 0 Å². The summed E-state index contributed by atoms with van der Waals surface area (Å²) in [5.41, 5.74) is 1.41. The molecule has 162 valence electrons. The van der Waals surface area contributed by atoms with Crippen LogP contribution in [-0.2, 0) is 9.59 Å². The molecule has 0 aliphatic carbocycles. The molecule has 0 bridgehead atoms. The first-order valence-corrected chi connectivity index (χ1v) is 9.93. The maximum absolute atomic E-state index is 13.5. The lowest BCUT2D eigenvalue weighted by molar-refractivity contribution is -0.120. The third kappa shape index (κ3) is 4.02. The van der Waals surface area contributed by atoms with Crippen molar-refractivity contribution in [3.05, 3.63) is 88.8 Å². The Hall–Kier alpha value is -3.84. The van der Waals surface area contributed by atoms with E-state index >= 15 is 0 Å². The van der Waals surface area contributed by atoms with Gasteiger partial charge < -0.3 is 14.8 Å². The second kappa shape index (κ2) is 8.72. The van der Waals surface area contributed by atoms with Crippen LogP contribution >= 0.6 is 11.6 Å². The van der Waals surface area contributed by atoms with Crippen LogP contribution in [0.1, 0.15) is 5.56 Å². The maximum atomic E-state index is 13.5. The van der Waals surface area contributed by atoms with Crippen LogP contribution in [0.25, 0.3) is 5.57 Å². The number of hydrogen-bond donors (Lipinski definition) is 1. The molecule has 3 aromatic carbocycles. The summed E-state index contributed by atoms with van der Waals surface area (Å²) in [7, 11) is 3.02. The molecule has 3 aromatic rings. The molecule has 0 saturated heterocycles. The van der Waals surface area contributed by atoms with Crippen LogP contribution in [0.2, 0.25) is 5.02 Å². The van der Waals surface area contributed by atoms with Gasteiger partial charge in [0.25, 0.3) is 11.8 Å². The number of halogens is 2. The summed E-state index contributed by atoms with van der Waals surface area (Å²) in [5.74, 6) is -0.545. The van der Waals surface area contributed by atoms with Crippen LogP contribution in [0.3, 0.4) is 0 Å². The molecular weight excluding hydrogens is 435 g/mol. The van der Waals surface area contributed by atoms with Gasteiger partial charge in [0, 0.05) is 28.9 Å². The van der Waals surface area contributed by atoms with E-state index in [2.05, 4.69) is 5.32 Å². The van der Waals surface area contributed by atoms with E-state index in [-0.39, 0.29) is 11.3 Å². The molecule has 1 aliphatic heterocycles. The van der Waals surface area contributed by atoms with Crippen molar-refractivity contribution in [2.24, 2.45) is 0 Å². The summed E-state index contributed by atoms with van der Waals surface area (Å²) >= 11 is 5.95. The highest BCUT2D eigenvalue weighted by Crippen LogP contribution is 2.35. The van der Waals surface area contributed by atoms with Crippen LogP contribution in [0, 0.1) is 5.82 Å². The molecule has 0 atom stereocenters. The molecular formula is C24H18ClFN2O4. The number of nitrogens with one attached hydrogen (secondary N) is 1. The van der Waals surface area contributed by atoms with E-state index in [1.165, 1.54) is 38.5 Å².